The molecule has 0 saturated carbocycles. The van der Waals surface area contributed by atoms with Crippen LogP contribution in [0.15, 0.2) is 30.6 Å². The van der Waals surface area contributed by atoms with Gasteiger partial charge in [-0.15, -0.1) is 12.4 Å². The second-order valence-electron chi connectivity index (χ2n) is 5.03. The summed E-state index contributed by atoms with van der Waals surface area (Å²) < 4.78 is 1.62. The van der Waals surface area contributed by atoms with E-state index in [1.807, 2.05) is 0 Å². The molecular weight excluding hydrogens is 353 g/mol. The Hall–Kier alpha value is -2.09. The summed E-state index contributed by atoms with van der Waals surface area (Å²) in [5.41, 5.74) is 1.72. The number of nitrogens with one attached hydrogen (secondary N) is 3. The summed E-state index contributed by atoms with van der Waals surface area (Å²) in [5.74, 6) is -0.476. The highest BCUT2D eigenvalue weighted by Gasteiger charge is 2.21. The van der Waals surface area contributed by atoms with Crippen molar-refractivity contribution in [3.8, 4) is 0 Å². The minimum absolute atomic E-state index is 0. The van der Waals surface area contributed by atoms with Crippen LogP contribution in [0.3, 0.4) is 0 Å². The summed E-state index contributed by atoms with van der Waals surface area (Å²) in [4.78, 5) is 23.6. The Kier molecular flexibility index (Phi) is 7.21. The number of amides is 2. The summed E-state index contributed by atoms with van der Waals surface area (Å²) in [6, 6.07) is 4.32. The van der Waals surface area contributed by atoms with Crippen LogP contribution < -0.4 is 16.0 Å². The van der Waals surface area contributed by atoms with Gasteiger partial charge in [-0.1, -0.05) is 11.6 Å². The molecule has 2 aromatic rings. The summed E-state index contributed by atoms with van der Waals surface area (Å²) >= 11 is 6.11. The lowest BCUT2D eigenvalue weighted by Crippen LogP contribution is -2.30. The van der Waals surface area contributed by atoms with Crippen LogP contribution in [0.2, 0.25) is 5.02 Å². The van der Waals surface area contributed by atoms with Crippen molar-refractivity contribution < 1.29 is 9.59 Å². The van der Waals surface area contributed by atoms with Gasteiger partial charge >= 0.3 is 0 Å². The van der Waals surface area contributed by atoms with Gasteiger partial charge in [-0.25, -0.2) is 0 Å². The van der Waals surface area contributed by atoms with Gasteiger partial charge in [-0.3, -0.25) is 14.3 Å². The Morgan fingerprint density at radius 2 is 2.00 bits per heavy atom. The molecular formula is C15H19Cl2N5O2. The predicted octanol–water partition coefficient (Wildman–Crippen LogP) is 2.35. The normalized spacial score (nSPS) is 11.3. The summed E-state index contributed by atoms with van der Waals surface area (Å²) in [5, 5.41) is 12.8. The summed E-state index contributed by atoms with van der Waals surface area (Å²) in [7, 11) is 3.47. The number of aromatic nitrogens is 2. The zero-order valence-corrected chi connectivity index (χ0v) is 15.0. The molecule has 24 heavy (non-hydrogen) atoms. The number of likely N-dealkylation sites (N-methyl/N-ethyl adjacent to an activating group) is 1. The highest BCUT2D eigenvalue weighted by atomic mass is 35.5. The standard InChI is InChI=1S/C15H18ClN5O2.ClH/c1-9(22)19-11-4-5-12(16)13(6-11)20-15(23)14(17-2)10-7-18-21(3)8-10;/h4-8,14,17H,1-3H3,(H,19,22)(H,20,23);1H. The maximum Gasteiger partial charge on any atom is 0.246 e. The van der Waals surface area contributed by atoms with Crippen LogP contribution in [0.1, 0.15) is 18.5 Å². The number of hydrogen-bond acceptors (Lipinski definition) is 4. The molecule has 0 spiro atoms. The Bertz CT molecular complexity index is 732. The van der Waals surface area contributed by atoms with Crippen LogP contribution in [0, 0.1) is 0 Å². The fourth-order valence-electron chi connectivity index (χ4n) is 2.15. The molecule has 0 aliphatic heterocycles. The lowest BCUT2D eigenvalue weighted by atomic mass is 10.1. The first-order valence-corrected chi connectivity index (χ1v) is 7.32. The van der Waals surface area contributed by atoms with Gasteiger partial charge in [0.1, 0.15) is 6.04 Å². The number of halogens is 2. The fraction of sp³-hybridized carbons (Fsp3) is 0.267. The number of benzene rings is 1. The Morgan fingerprint density at radius 3 is 2.54 bits per heavy atom. The third-order valence-electron chi connectivity index (χ3n) is 3.15. The number of carbonyl (C=O) groups is 2. The van der Waals surface area contributed by atoms with Gasteiger partial charge < -0.3 is 16.0 Å². The van der Waals surface area contributed by atoms with Crippen molar-refractivity contribution in [2.45, 2.75) is 13.0 Å². The van der Waals surface area contributed by atoms with E-state index in [-0.39, 0.29) is 24.2 Å². The maximum atomic E-state index is 12.5. The van der Waals surface area contributed by atoms with Crippen molar-refractivity contribution in [2.75, 3.05) is 17.7 Å². The Balaban J connectivity index is 0.00000288. The average molecular weight is 372 g/mol. The van der Waals surface area contributed by atoms with E-state index >= 15 is 0 Å². The van der Waals surface area contributed by atoms with Crippen molar-refractivity contribution in [3.05, 3.63) is 41.2 Å². The van der Waals surface area contributed by atoms with Crippen molar-refractivity contribution >= 4 is 47.2 Å². The quantitative estimate of drug-likeness (QED) is 0.752. The van der Waals surface area contributed by atoms with E-state index in [0.29, 0.717) is 16.4 Å². The lowest BCUT2D eigenvalue weighted by molar-refractivity contribution is -0.118. The minimum atomic E-state index is -0.566. The van der Waals surface area contributed by atoms with Crippen LogP contribution in [-0.4, -0.2) is 28.6 Å². The van der Waals surface area contributed by atoms with E-state index in [1.165, 1.54) is 6.92 Å². The van der Waals surface area contributed by atoms with Crippen LogP contribution in [-0.2, 0) is 16.6 Å². The molecule has 0 fully saturated rings. The second kappa shape index (κ2) is 8.68. The molecule has 1 aromatic carbocycles. The van der Waals surface area contributed by atoms with E-state index in [0.717, 1.165) is 5.56 Å². The molecule has 9 heteroatoms. The topological polar surface area (TPSA) is 88.1 Å². The maximum absolute atomic E-state index is 12.5. The van der Waals surface area contributed by atoms with Crippen molar-refractivity contribution in [1.29, 1.82) is 0 Å². The molecule has 1 atom stereocenters. The fourth-order valence-corrected chi connectivity index (χ4v) is 2.31. The zero-order valence-electron chi connectivity index (χ0n) is 13.5. The highest BCUT2D eigenvalue weighted by Crippen LogP contribution is 2.26. The van der Waals surface area contributed by atoms with Crippen molar-refractivity contribution in [2.24, 2.45) is 7.05 Å². The molecule has 0 radical (unpaired) electrons. The number of hydrogen-bond donors (Lipinski definition) is 3. The molecule has 2 amide bonds. The predicted molar refractivity (Wildman–Crippen MR) is 96.6 cm³/mol. The first-order valence-electron chi connectivity index (χ1n) is 6.94. The summed E-state index contributed by atoms with van der Waals surface area (Å²) in [6.45, 7) is 1.41. The molecule has 2 rings (SSSR count). The summed E-state index contributed by atoms with van der Waals surface area (Å²) in [6.07, 6.45) is 3.38. The molecule has 0 saturated heterocycles. The Labute approximate surface area is 151 Å². The van der Waals surface area contributed by atoms with E-state index < -0.39 is 6.04 Å². The zero-order chi connectivity index (χ0) is 17.0. The Morgan fingerprint density at radius 1 is 1.29 bits per heavy atom. The highest BCUT2D eigenvalue weighted by molar-refractivity contribution is 6.34. The number of nitrogens with zero attached hydrogens (tertiary/aromatic N) is 2. The molecule has 0 aliphatic rings. The van der Waals surface area contributed by atoms with Gasteiger partial charge in [0, 0.05) is 31.4 Å². The van der Waals surface area contributed by atoms with E-state index in [4.69, 9.17) is 11.6 Å². The van der Waals surface area contributed by atoms with Crippen LogP contribution in [0.4, 0.5) is 11.4 Å². The van der Waals surface area contributed by atoms with Crippen LogP contribution in [0.25, 0.3) is 0 Å². The minimum Gasteiger partial charge on any atom is -0.326 e. The van der Waals surface area contributed by atoms with Gasteiger partial charge in [0.05, 0.1) is 16.9 Å². The molecule has 1 unspecified atom stereocenters. The molecule has 0 bridgehead atoms. The van der Waals surface area contributed by atoms with Gasteiger partial charge in [0.2, 0.25) is 11.8 Å². The monoisotopic (exact) mass is 371 g/mol. The molecule has 130 valence electrons. The van der Waals surface area contributed by atoms with Crippen LogP contribution >= 0.6 is 24.0 Å². The van der Waals surface area contributed by atoms with Crippen molar-refractivity contribution in [3.63, 3.8) is 0 Å². The average Bonchev–Trinajstić information content (AvgIpc) is 2.89. The largest absolute Gasteiger partial charge is 0.326 e. The molecule has 1 aromatic heterocycles. The SMILES string of the molecule is CNC(C(=O)Nc1cc(NC(C)=O)ccc1Cl)c1cnn(C)c1.Cl. The number of anilines is 2. The molecule has 3 N–H and O–H groups in total. The first-order chi connectivity index (χ1) is 10.9. The molecule has 0 aliphatic carbocycles. The smallest absolute Gasteiger partial charge is 0.246 e. The third kappa shape index (κ3) is 4.95. The van der Waals surface area contributed by atoms with Gasteiger partial charge in [0.15, 0.2) is 0 Å². The van der Waals surface area contributed by atoms with Gasteiger partial charge in [0.25, 0.3) is 0 Å². The lowest BCUT2D eigenvalue weighted by Gasteiger charge is -2.16. The molecule has 7 nitrogen and oxygen atoms in total. The first kappa shape index (κ1) is 20.0. The van der Waals surface area contributed by atoms with Gasteiger partial charge in [-0.2, -0.15) is 5.10 Å². The van der Waals surface area contributed by atoms with Crippen molar-refractivity contribution in [1.82, 2.24) is 15.1 Å². The van der Waals surface area contributed by atoms with E-state index in [2.05, 4.69) is 21.0 Å². The third-order valence-corrected chi connectivity index (χ3v) is 3.48. The second-order valence-corrected chi connectivity index (χ2v) is 5.44. The van der Waals surface area contributed by atoms with Crippen LogP contribution in [0.5, 0.6) is 0 Å². The van der Waals surface area contributed by atoms with E-state index in [1.54, 1.807) is 49.4 Å². The van der Waals surface area contributed by atoms with E-state index in [9.17, 15) is 9.59 Å². The van der Waals surface area contributed by atoms with Gasteiger partial charge in [-0.05, 0) is 25.2 Å². The number of aryl methyl sites for hydroxylation is 1. The number of carbonyl (C=O) groups excluding carboxylic acids is 2. The number of rotatable bonds is 5. The molecule has 1 heterocycles.